The Morgan fingerprint density at radius 3 is 2.37 bits per heavy atom. The van der Waals surface area contributed by atoms with Crippen LogP contribution in [0.4, 0.5) is 0 Å². The molecule has 0 aliphatic rings. The number of aryl methyl sites for hydroxylation is 2. The molecule has 0 aliphatic carbocycles. The van der Waals surface area contributed by atoms with E-state index in [9.17, 15) is 5.11 Å². The lowest BCUT2D eigenvalue weighted by molar-refractivity contribution is 0.471. The van der Waals surface area contributed by atoms with Gasteiger partial charge >= 0.3 is 0 Å². The minimum Gasteiger partial charge on any atom is -0.508 e. The van der Waals surface area contributed by atoms with Gasteiger partial charge in [-0.3, -0.25) is 0 Å². The standard InChI is InChI=1S/C16H14N2O/c1-10-9-12(7-8-15(10)19)16-14-6-4-3-5-13(14)11(2)17-18-16/h3-9,19H,1-2H3. The molecule has 1 heterocycles. The number of aromatic hydroxyl groups is 1. The molecule has 2 aromatic carbocycles. The van der Waals surface area contributed by atoms with Crippen LogP contribution >= 0.6 is 0 Å². The molecule has 0 atom stereocenters. The Balaban J connectivity index is 2.31. The Kier molecular flexibility index (Phi) is 2.67. The first-order valence-corrected chi connectivity index (χ1v) is 6.19. The second-order valence-electron chi connectivity index (χ2n) is 4.68. The molecule has 0 aliphatic heterocycles. The molecule has 0 unspecified atom stereocenters. The average molecular weight is 250 g/mol. The van der Waals surface area contributed by atoms with Gasteiger partial charge in [-0.25, -0.2) is 0 Å². The summed E-state index contributed by atoms with van der Waals surface area (Å²) in [6.07, 6.45) is 0. The van der Waals surface area contributed by atoms with Crippen molar-refractivity contribution in [2.24, 2.45) is 0 Å². The first-order chi connectivity index (χ1) is 9.16. The third kappa shape index (κ3) is 1.93. The summed E-state index contributed by atoms with van der Waals surface area (Å²) in [6, 6.07) is 13.6. The van der Waals surface area contributed by atoms with Crippen molar-refractivity contribution in [3.05, 3.63) is 53.7 Å². The zero-order valence-corrected chi connectivity index (χ0v) is 10.9. The summed E-state index contributed by atoms with van der Waals surface area (Å²) in [5, 5.41) is 20.3. The van der Waals surface area contributed by atoms with Gasteiger partial charge in [0.1, 0.15) is 11.4 Å². The van der Waals surface area contributed by atoms with E-state index in [1.807, 2.05) is 38.1 Å². The molecule has 3 rings (SSSR count). The van der Waals surface area contributed by atoms with Crippen molar-refractivity contribution in [2.75, 3.05) is 0 Å². The minimum atomic E-state index is 0.299. The van der Waals surface area contributed by atoms with E-state index in [1.54, 1.807) is 6.07 Å². The van der Waals surface area contributed by atoms with E-state index in [1.165, 1.54) is 0 Å². The lowest BCUT2D eigenvalue weighted by Gasteiger charge is -2.08. The number of phenolic OH excluding ortho intramolecular Hbond substituents is 1. The minimum absolute atomic E-state index is 0.299. The van der Waals surface area contributed by atoms with Crippen molar-refractivity contribution in [1.29, 1.82) is 0 Å². The van der Waals surface area contributed by atoms with Crippen LogP contribution in [0.5, 0.6) is 5.75 Å². The highest BCUT2D eigenvalue weighted by atomic mass is 16.3. The van der Waals surface area contributed by atoms with Crippen molar-refractivity contribution in [2.45, 2.75) is 13.8 Å². The maximum atomic E-state index is 9.61. The zero-order chi connectivity index (χ0) is 13.4. The lowest BCUT2D eigenvalue weighted by atomic mass is 10.0. The normalized spacial score (nSPS) is 10.8. The van der Waals surface area contributed by atoms with Crippen LogP contribution in [0.2, 0.25) is 0 Å². The maximum Gasteiger partial charge on any atom is 0.118 e. The Hall–Kier alpha value is -2.42. The van der Waals surface area contributed by atoms with Crippen molar-refractivity contribution in [3.63, 3.8) is 0 Å². The van der Waals surface area contributed by atoms with Gasteiger partial charge in [-0.15, -0.1) is 5.10 Å². The SMILES string of the molecule is Cc1cc(-c2nnc(C)c3ccccc23)ccc1O. The average Bonchev–Trinajstić information content (AvgIpc) is 2.43. The van der Waals surface area contributed by atoms with E-state index < -0.39 is 0 Å². The van der Waals surface area contributed by atoms with Crippen molar-refractivity contribution in [3.8, 4) is 17.0 Å². The highest BCUT2D eigenvalue weighted by Crippen LogP contribution is 2.29. The second-order valence-corrected chi connectivity index (χ2v) is 4.68. The molecule has 3 heteroatoms. The summed E-state index contributed by atoms with van der Waals surface area (Å²) < 4.78 is 0. The summed E-state index contributed by atoms with van der Waals surface area (Å²) in [5.41, 5.74) is 3.59. The fourth-order valence-corrected chi connectivity index (χ4v) is 2.25. The lowest BCUT2D eigenvalue weighted by Crippen LogP contribution is -1.94. The quantitative estimate of drug-likeness (QED) is 0.717. The number of rotatable bonds is 1. The van der Waals surface area contributed by atoms with Gasteiger partial charge < -0.3 is 5.11 Å². The number of hydrogen-bond donors (Lipinski definition) is 1. The molecule has 0 saturated carbocycles. The summed E-state index contributed by atoms with van der Waals surface area (Å²) in [6.45, 7) is 3.84. The number of fused-ring (bicyclic) bond motifs is 1. The fourth-order valence-electron chi connectivity index (χ4n) is 2.25. The molecule has 3 nitrogen and oxygen atoms in total. The van der Waals surface area contributed by atoms with E-state index >= 15 is 0 Å². The molecule has 0 amide bonds. The smallest absolute Gasteiger partial charge is 0.118 e. The molecule has 94 valence electrons. The molecular weight excluding hydrogens is 236 g/mol. The van der Waals surface area contributed by atoms with Crippen LogP contribution in [-0.2, 0) is 0 Å². The van der Waals surface area contributed by atoms with E-state index in [-0.39, 0.29) is 0 Å². The first kappa shape index (κ1) is 11.7. The van der Waals surface area contributed by atoms with Crippen LogP contribution in [0, 0.1) is 13.8 Å². The van der Waals surface area contributed by atoms with Crippen LogP contribution in [0.15, 0.2) is 42.5 Å². The van der Waals surface area contributed by atoms with Gasteiger partial charge in [0, 0.05) is 16.3 Å². The molecule has 0 spiro atoms. The van der Waals surface area contributed by atoms with Crippen molar-refractivity contribution >= 4 is 10.8 Å². The molecule has 0 saturated heterocycles. The topological polar surface area (TPSA) is 46.0 Å². The first-order valence-electron chi connectivity index (χ1n) is 6.19. The molecule has 1 aromatic heterocycles. The Morgan fingerprint density at radius 1 is 0.895 bits per heavy atom. The van der Waals surface area contributed by atoms with E-state index in [2.05, 4.69) is 22.3 Å². The van der Waals surface area contributed by atoms with Gasteiger partial charge in [-0.2, -0.15) is 5.10 Å². The molecule has 0 fully saturated rings. The van der Waals surface area contributed by atoms with E-state index in [0.717, 1.165) is 33.3 Å². The van der Waals surface area contributed by atoms with Crippen LogP contribution in [0.3, 0.4) is 0 Å². The van der Waals surface area contributed by atoms with Crippen molar-refractivity contribution in [1.82, 2.24) is 10.2 Å². The molecule has 19 heavy (non-hydrogen) atoms. The molecule has 0 radical (unpaired) electrons. The number of phenols is 1. The van der Waals surface area contributed by atoms with Crippen molar-refractivity contribution < 1.29 is 5.11 Å². The van der Waals surface area contributed by atoms with Gasteiger partial charge in [0.15, 0.2) is 0 Å². The summed E-state index contributed by atoms with van der Waals surface area (Å²) in [5.74, 6) is 0.299. The Labute approximate surface area is 111 Å². The predicted molar refractivity (Wildman–Crippen MR) is 76.1 cm³/mol. The largest absolute Gasteiger partial charge is 0.508 e. The number of aromatic nitrogens is 2. The molecule has 0 bridgehead atoms. The van der Waals surface area contributed by atoms with Crippen LogP contribution in [0.1, 0.15) is 11.3 Å². The number of benzene rings is 2. The summed E-state index contributed by atoms with van der Waals surface area (Å²) in [4.78, 5) is 0. The zero-order valence-electron chi connectivity index (χ0n) is 10.9. The molecule has 3 aromatic rings. The van der Waals surface area contributed by atoms with E-state index in [0.29, 0.717) is 5.75 Å². The third-order valence-electron chi connectivity index (χ3n) is 3.34. The molecule has 1 N–H and O–H groups in total. The fraction of sp³-hybridized carbons (Fsp3) is 0.125. The predicted octanol–water partition coefficient (Wildman–Crippen LogP) is 3.62. The van der Waals surface area contributed by atoms with Crippen LogP contribution in [-0.4, -0.2) is 15.3 Å². The van der Waals surface area contributed by atoms with Gasteiger partial charge in [-0.1, -0.05) is 24.3 Å². The van der Waals surface area contributed by atoms with Crippen LogP contribution in [0.25, 0.3) is 22.0 Å². The molecular formula is C16H14N2O. The highest BCUT2D eigenvalue weighted by molar-refractivity contribution is 5.95. The number of hydrogen-bond acceptors (Lipinski definition) is 3. The second kappa shape index (κ2) is 4.35. The monoisotopic (exact) mass is 250 g/mol. The van der Waals surface area contributed by atoms with E-state index in [4.69, 9.17) is 0 Å². The number of nitrogens with zero attached hydrogens (tertiary/aromatic N) is 2. The summed E-state index contributed by atoms with van der Waals surface area (Å²) in [7, 11) is 0. The Morgan fingerprint density at radius 2 is 1.63 bits per heavy atom. The third-order valence-corrected chi connectivity index (χ3v) is 3.34. The van der Waals surface area contributed by atoms with Crippen LogP contribution < -0.4 is 0 Å². The summed E-state index contributed by atoms with van der Waals surface area (Å²) >= 11 is 0. The van der Waals surface area contributed by atoms with Gasteiger partial charge in [0.2, 0.25) is 0 Å². The van der Waals surface area contributed by atoms with Gasteiger partial charge in [0.25, 0.3) is 0 Å². The maximum absolute atomic E-state index is 9.61. The highest BCUT2D eigenvalue weighted by Gasteiger charge is 2.09. The Bertz CT molecular complexity index is 766. The van der Waals surface area contributed by atoms with Gasteiger partial charge in [-0.05, 0) is 37.6 Å². The van der Waals surface area contributed by atoms with Gasteiger partial charge in [0.05, 0.1) is 5.69 Å².